The number of rotatable bonds is 5. The Balaban J connectivity index is 1.86. The molecule has 29 heavy (non-hydrogen) atoms. The number of thiocarbonyl (C=S) groups is 1. The normalized spacial score (nSPS) is 14.7. The molecule has 0 saturated heterocycles. The Bertz CT molecular complexity index is 1110. The van der Waals surface area contributed by atoms with Crippen LogP contribution in [0.3, 0.4) is 0 Å². The number of hydrogen-bond donors (Lipinski definition) is 3. The van der Waals surface area contributed by atoms with Crippen LogP contribution in [-0.4, -0.2) is 38.8 Å². The van der Waals surface area contributed by atoms with Crippen molar-refractivity contribution in [3.8, 4) is 5.75 Å². The van der Waals surface area contributed by atoms with E-state index in [2.05, 4.69) is 15.8 Å². The number of nitrogens with one attached hydrogen (secondary N) is 2. The quantitative estimate of drug-likeness (QED) is 0.481. The van der Waals surface area contributed by atoms with Gasteiger partial charge >= 0.3 is 0 Å². The maximum Gasteiger partial charge on any atom is 0.279 e. The number of likely N-dealkylation sites (N-methyl/N-ethyl adjacent to an activating group) is 1. The van der Waals surface area contributed by atoms with E-state index >= 15 is 0 Å². The maximum atomic E-state index is 12.7. The summed E-state index contributed by atoms with van der Waals surface area (Å²) in [5.41, 5.74) is 4.28. The van der Waals surface area contributed by atoms with Crippen molar-refractivity contribution in [2.45, 2.75) is 11.8 Å². The number of sulfonamides is 1. The monoisotopic (exact) mass is 433 g/mol. The molecule has 0 unspecified atom stereocenters. The molecule has 1 heterocycles. The van der Waals surface area contributed by atoms with Crippen LogP contribution >= 0.6 is 12.2 Å². The van der Waals surface area contributed by atoms with Gasteiger partial charge in [0.2, 0.25) is 10.0 Å². The van der Waals surface area contributed by atoms with E-state index < -0.39 is 10.0 Å². The Hall–Kier alpha value is -3.02. The van der Waals surface area contributed by atoms with Crippen LogP contribution in [0.2, 0.25) is 0 Å². The van der Waals surface area contributed by atoms with Crippen molar-refractivity contribution in [2.75, 3.05) is 23.9 Å². The first kappa shape index (κ1) is 20.7. The summed E-state index contributed by atoms with van der Waals surface area (Å²) in [5.74, 6) is 0.306. The van der Waals surface area contributed by atoms with Crippen molar-refractivity contribution < 1.29 is 17.9 Å². The Morgan fingerprint density at radius 3 is 2.66 bits per heavy atom. The summed E-state index contributed by atoms with van der Waals surface area (Å²) in [5, 5.41) is 12.1. The van der Waals surface area contributed by atoms with Gasteiger partial charge in [-0.25, -0.2) is 13.6 Å². The summed E-state index contributed by atoms with van der Waals surface area (Å²) in [6.07, 6.45) is 0. The summed E-state index contributed by atoms with van der Waals surface area (Å²) in [7, 11) is -2.40. The second kappa shape index (κ2) is 8.15. The van der Waals surface area contributed by atoms with Gasteiger partial charge in [-0.1, -0.05) is 12.1 Å². The molecule has 152 valence electrons. The molecule has 0 bridgehead atoms. The van der Waals surface area contributed by atoms with E-state index in [-0.39, 0.29) is 27.3 Å². The van der Waals surface area contributed by atoms with Gasteiger partial charge in [0.25, 0.3) is 5.91 Å². The summed E-state index contributed by atoms with van der Waals surface area (Å²) < 4.78 is 28.6. The van der Waals surface area contributed by atoms with Crippen molar-refractivity contribution in [3.05, 3.63) is 48.0 Å². The number of ether oxygens (including phenoxy) is 1. The lowest BCUT2D eigenvalue weighted by Gasteiger charge is -2.13. The molecular weight excluding hydrogens is 414 g/mol. The zero-order valence-electron chi connectivity index (χ0n) is 15.7. The molecule has 0 saturated carbocycles. The fraction of sp³-hybridized carbons (Fsp3) is 0.167. The highest BCUT2D eigenvalue weighted by molar-refractivity contribution is 7.89. The Morgan fingerprint density at radius 1 is 1.28 bits per heavy atom. The van der Waals surface area contributed by atoms with Crippen LogP contribution in [0.5, 0.6) is 5.75 Å². The second-order valence-electron chi connectivity index (χ2n) is 6.00. The van der Waals surface area contributed by atoms with Crippen molar-refractivity contribution in [2.24, 2.45) is 10.2 Å². The van der Waals surface area contributed by atoms with Crippen LogP contribution in [0.1, 0.15) is 12.5 Å². The maximum absolute atomic E-state index is 12.7. The molecule has 0 spiro atoms. The van der Waals surface area contributed by atoms with Gasteiger partial charge in [-0.3, -0.25) is 10.2 Å². The van der Waals surface area contributed by atoms with Gasteiger partial charge in [-0.2, -0.15) is 5.10 Å². The second-order valence-corrected chi connectivity index (χ2v) is 7.94. The number of hydrogen-bond acceptors (Lipinski definition) is 6. The van der Waals surface area contributed by atoms with E-state index in [1.165, 1.54) is 19.2 Å². The third kappa shape index (κ3) is 4.21. The zero-order valence-corrected chi connectivity index (χ0v) is 17.3. The Morgan fingerprint density at radius 2 is 2.00 bits per heavy atom. The highest BCUT2D eigenvalue weighted by Crippen LogP contribution is 2.32. The molecule has 0 fully saturated rings. The van der Waals surface area contributed by atoms with E-state index in [0.717, 1.165) is 5.69 Å². The number of carbonyl (C=O) groups excluding carboxylic acids is 1. The minimum Gasteiger partial charge on any atom is -0.497 e. The predicted octanol–water partition coefficient (Wildman–Crippen LogP) is 1.40. The number of primary sulfonamides is 1. The van der Waals surface area contributed by atoms with Crippen molar-refractivity contribution in [3.63, 3.8) is 0 Å². The fourth-order valence-corrected chi connectivity index (χ4v) is 3.77. The smallest absolute Gasteiger partial charge is 0.279 e. The Kier molecular flexibility index (Phi) is 5.82. The first-order valence-electron chi connectivity index (χ1n) is 8.53. The topological polar surface area (TPSA) is 126 Å². The number of benzene rings is 2. The summed E-state index contributed by atoms with van der Waals surface area (Å²) in [6, 6.07) is 11.3. The van der Waals surface area contributed by atoms with Gasteiger partial charge in [-0.05, 0) is 49.5 Å². The Labute approximate surface area is 173 Å². The number of fused-ring (bicyclic) bond motifs is 1. The van der Waals surface area contributed by atoms with Crippen LogP contribution in [0.4, 0.5) is 11.4 Å². The number of amides is 1. The van der Waals surface area contributed by atoms with E-state index in [9.17, 15) is 13.2 Å². The molecule has 4 N–H and O–H groups in total. The van der Waals surface area contributed by atoms with Gasteiger partial charge in [0.05, 0.1) is 18.5 Å². The lowest BCUT2D eigenvalue weighted by Crippen LogP contribution is -2.32. The lowest BCUT2D eigenvalue weighted by atomic mass is 10.1. The molecule has 1 aliphatic rings. The summed E-state index contributed by atoms with van der Waals surface area (Å²) in [4.78, 5) is 14.2. The highest BCUT2D eigenvalue weighted by atomic mass is 32.2. The number of anilines is 2. The average molecular weight is 434 g/mol. The van der Waals surface area contributed by atoms with E-state index in [0.29, 0.717) is 17.9 Å². The van der Waals surface area contributed by atoms with Crippen LogP contribution in [0.25, 0.3) is 0 Å². The molecular formula is C18H19N5O4S2. The average Bonchev–Trinajstić information content (AvgIpc) is 2.95. The van der Waals surface area contributed by atoms with Crippen molar-refractivity contribution in [1.29, 1.82) is 0 Å². The van der Waals surface area contributed by atoms with Crippen LogP contribution in [0, 0.1) is 0 Å². The largest absolute Gasteiger partial charge is 0.497 e. The van der Waals surface area contributed by atoms with E-state index in [4.69, 9.17) is 22.1 Å². The molecule has 2 aromatic carbocycles. The number of nitrogens with two attached hydrogens (primary N) is 1. The third-order valence-electron chi connectivity index (χ3n) is 4.22. The van der Waals surface area contributed by atoms with Gasteiger partial charge in [0.15, 0.2) is 10.8 Å². The van der Waals surface area contributed by atoms with Crippen LogP contribution in [0.15, 0.2) is 52.5 Å². The van der Waals surface area contributed by atoms with E-state index in [1.54, 1.807) is 35.2 Å². The number of methoxy groups -OCH3 is 1. The fourth-order valence-electron chi connectivity index (χ4n) is 2.92. The minimum atomic E-state index is -3.94. The number of hydrazone groups is 1. The van der Waals surface area contributed by atoms with E-state index in [1.807, 2.05) is 6.92 Å². The molecule has 3 rings (SSSR count). The molecule has 1 aliphatic heterocycles. The van der Waals surface area contributed by atoms with Gasteiger partial charge in [0, 0.05) is 12.1 Å². The summed E-state index contributed by atoms with van der Waals surface area (Å²) in [6.45, 7) is 2.33. The SMILES string of the molecule is CCN1C(=O)C(=NNC(=S)Nc2ccccc2S(N)(=O)=O)c2cc(OC)ccc21. The zero-order chi connectivity index (χ0) is 21.2. The third-order valence-corrected chi connectivity index (χ3v) is 5.39. The van der Waals surface area contributed by atoms with Gasteiger partial charge < -0.3 is 15.0 Å². The number of nitrogens with zero attached hydrogens (tertiary/aromatic N) is 2. The first-order valence-corrected chi connectivity index (χ1v) is 10.5. The standard InChI is InChI=1S/C18H19N5O4S2/c1-3-23-14-9-8-11(27-2)10-12(14)16(17(23)24)21-22-18(28)20-13-6-4-5-7-15(13)29(19,25)26/h4-10H,3H2,1-2H3,(H2,19,25,26)(H2,20,22,28). The van der Waals surface area contributed by atoms with Gasteiger partial charge in [-0.15, -0.1) is 0 Å². The highest BCUT2D eigenvalue weighted by Gasteiger charge is 2.33. The molecule has 11 heteroatoms. The minimum absolute atomic E-state index is 0.000736. The number of carbonyl (C=O) groups is 1. The first-order chi connectivity index (χ1) is 13.8. The summed E-state index contributed by atoms with van der Waals surface area (Å²) >= 11 is 5.18. The van der Waals surface area contributed by atoms with Gasteiger partial charge in [0.1, 0.15) is 10.6 Å². The molecule has 9 nitrogen and oxygen atoms in total. The predicted molar refractivity (Wildman–Crippen MR) is 115 cm³/mol. The number of para-hydroxylation sites is 1. The molecule has 2 aromatic rings. The molecule has 1 amide bonds. The molecule has 0 aromatic heterocycles. The van der Waals surface area contributed by atoms with Crippen LogP contribution in [-0.2, 0) is 14.8 Å². The lowest BCUT2D eigenvalue weighted by molar-refractivity contribution is -0.112. The van der Waals surface area contributed by atoms with Crippen LogP contribution < -0.4 is 25.5 Å². The molecule has 0 radical (unpaired) electrons. The van der Waals surface area contributed by atoms with Crippen molar-refractivity contribution >= 4 is 50.3 Å². The van der Waals surface area contributed by atoms with Crippen molar-refractivity contribution in [1.82, 2.24) is 5.43 Å². The molecule has 0 atom stereocenters. The molecule has 0 aliphatic carbocycles.